The van der Waals surface area contributed by atoms with Gasteiger partial charge < -0.3 is 10.1 Å². The summed E-state index contributed by atoms with van der Waals surface area (Å²) in [6.07, 6.45) is 4.10. The van der Waals surface area contributed by atoms with E-state index in [1.165, 1.54) is 18.4 Å². The van der Waals surface area contributed by atoms with Crippen molar-refractivity contribution in [3.8, 4) is 5.75 Å². The van der Waals surface area contributed by atoms with E-state index < -0.39 is 0 Å². The Morgan fingerprint density at radius 1 is 1.28 bits per heavy atom. The van der Waals surface area contributed by atoms with Gasteiger partial charge in [0.1, 0.15) is 5.75 Å². The first kappa shape index (κ1) is 13.4. The number of hydrogen-bond donors (Lipinski definition) is 1. The summed E-state index contributed by atoms with van der Waals surface area (Å²) >= 11 is 0. The van der Waals surface area contributed by atoms with Crippen molar-refractivity contribution in [3.05, 3.63) is 29.8 Å². The normalized spacial score (nSPS) is 16.9. The lowest BCUT2D eigenvalue weighted by molar-refractivity contribution is 0.242. The predicted molar refractivity (Wildman–Crippen MR) is 76.1 cm³/mol. The van der Waals surface area contributed by atoms with Crippen LogP contribution in [0.1, 0.15) is 39.2 Å². The van der Waals surface area contributed by atoms with Gasteiger partial charge in [0.25, 0.3) is 0 Å². The minimum Gasteiger partial charge on any atom is -0.491 e. The van der Waals surface area contributed by atoms with Gasteiger partial charge in [-0.2, -0.15) is 0 Å². The monoisotopic (exact) mass is 247 g/mol. The standard InChI is InChI=1S/C16H25NO/c1-12(2)18-16-6-4-5-14(10-16)9-13(3)11-17-15-7-8-15/h4-6,10,12-13,15,17H,7-9,11H2,1-3H3. The molecule has 1 aromatic rings. The lowest BCUT2D eigenvalue weighted by Gasteiger charge is -2.14. The molecular formula is C16H25NO. The minimum atomic E-state index is 0.245. The van der Waals surface area contributed by atoms with Gasteiger partial charge in [0, 0.05) is 6.04 Å². The second-order valence-corrected chi connectivity index (χ2v) is 5.81. The van der Waals surface area contributed by atoms with Gasteiger partial charge in [0.05, 0.1) is 6.10 Å². The zero-order valence-corrected chi connectivity index (χ0v) is 11.8. The number of hydrogen-bond acceptors (Lipinski definition) is 2. The maximum atomic E-state index is 5.73. The third-order valence-electron chi connectivity index (χ3n) is 3.19. The SMILES string of the molecule is CC(CNC1CC1)Cc1cccc(OC(C)C)c1. The summed E-state index contributed by atoms with van der Waals surface area (Å²) < 4.78 is 5.73. The first-order chi connectivity index (χ1) is 8.63. The fourth-order valence-corrected chi connectivity index (χ4v) is 2.15. The molecule has 0 radical (unpaired) electrons. The fraction of sp³-hybridized carbons (Fsp3) is 0.625. The topological polar surface area (TPSA) is 21.3 Å². The Morgan fingerprint density at radius 2 is 2.06 bits per heavy atom. The highest BCUT2D eigenvalue weighted by atomic mass is 16.5. The van der Waals surface area contributed by atoms with Crippen LogP contribution in [0, 0.1) is 5.92 Å². The van der Waals surface area contributed by atoms with Crippen LogP contribution in [-0.2, 0) is 6.42 Å². The molecule has 0 amide bonds. The second-order valence-electron chi connectivity index (χ2n) is 5.81. The molecule has 18 heavy (non-hydrogen) atoms. The molecule has 0 saturated heterocycles. The van der Waals surface area contributed by atoms with E-state index >= 15 is 0 Å². The van der Waals surface area contributed by atoms with E-state index in [-0.39, 0.29) is 6.10 Å². The molecule has 1 N–H and O–H groups in total. The summed E-state index contributed by atoms with van der Waals surface area (Å²) in [7, 11) is 0. The van der Waals surface area contributed by atoms with E-state index in [1.54, 1.807) is 0 Å². The van der Waals surface area contributed by atoms with Crippen LogP contribution in [0.2, 0.25) is 0 Å². The average molecular weight is 247 g/mol. The fourth-order valence-electron chi connectivity index (χ4n) is 2.15. The summed E-state index contributed by atoms with van der Waals surface area (Å²) in [6.45, 7) is 7.56. The molecule has 2 nitrogen and oxygen atoms in total. The number of benzene rings is 1. The van der Waals surface area contributed by atoms with Gasteiger partial charge in [0.2, 0.25) is 0 Å². The molecule has 2 heteroatoms. The van der Waals surface area contributed by atoms with E-state index in [9.17, 15) is 0 Å². The molecule has 0 aromatic heterocycles. The lowest BCUT2D eigenvalue weighted by atomic mass is 10.0. The Bertz CT molecular complexity index is 371. The summed E-state index contributed by atoms with van der Waals surface area (Å²) in [5.41, 5.74) is 1.37. The van der Waals surface area contributed by atoms with E-state index in [0.717, 1.165) is 24.8 Å². The average Bonchev–Trinajstić information content (AvgIpc) is 3.09. The van der Waals surface area contributed by atoms with Gasteiger partial charge >= 0.3 is 0 Å². The van der Waals surface area contributed by atoms with Gasteiger partial charge in [-0.25, -0.2) is 0 Å². The van der Waals surface area contributed by atoms with Crippen LogP contribution in [-0.4, -0.2) is 18.7 Å². The Balaban J connectivity index is 1.83. The highest BCUT2D eigenvalue weighted by Gasteiger charge is 2.20. The quantitative estimate of drug-likeness (QED) is 0.797. The molecule has 1 aromatic carbocycles. The maximum Gasteiger partial charge on any atom is 0.119 e. The molecule has 0 heterocycles. The molecule has 1 aliphatic rings. The van der Waals surface area contributed by atoms with E-state index in [2.05, 4.69) is 44.3 Å². The van der Waals surface area contributed by atoms with Crippen LogP contribution in [0.4, 0.5) is 0 Å². The molecule has 1 fully saturated rings. The molecule has 0 spiro atoms. The Labute approximate surface area is 111 Å². The molecule has 2 rings (SSSR count). The minimum absolute atomic E-state index is 0.245. The van der Waals surface area contributed by atoms with Gasteiger partial charge in [-0.15, -0.1) is 0 Å². The highest BCUT2D eigenvalue weighted by molar-refractivity contribution is 5.29. The van der Waals surface area contributed by atoms with Crippen molar-refractivity contribution in [1.29, 1.82) is 0 Å². The predicted octanol–water partition coefficient (Wildman–Crippen LogP) is 3.40. The van der Waals surface area contributed by atoms with Crippen molar-refractivity contribution < 1.29 is 4.74 Å². The summed E-state index contributed by atoms with van der Waals surface area (Å²) in [4.78, 5) is 0. The Morgan fingerprint density at radius 3 is 2.72 bits per heavy atom. The van der Waals surface area contributed by atoms with E-state index in [4.69, 9.17) is 4.74 Å². The number of nitrogens with one attached hydrogen (secondary N) is 1. The number of ether oxygens (including phenoxy) is 1. The van der Waals surface area contributed by atoms with Crippen molar-refractivity contribution in [2.75, 3.05) is 6.54 Å². The smallest absolute Gasteiger partial charge is 0.119 e. The molecule has 0 bridgehead atoms. The molecule has 1 atom stereocenters. The lowest BCUT2D eigenvalue weighted by Crippen LogP contribution is -2.24. The molecule has 1 unspecified atom stereocenters. The highest BCUT2D eigenvalue weighted by Crippen LogP contribution is 2.20. The summed E-state index contributed by atoms with van der Waals surface area (Å²) in [6, 6.07) is 9.31. The van der Waals surface area contributed by atoms with Gasteiger partial charge in [-0.05, 0) is 63.3 Å². The van der Waals surface area contributed by atoms with Crippen LogP contribution in [0.25, 0.3) is 0 Å². The first-order valence-corrected chi connectivity index (χ1v) is 7.12. The van der Waals surface area contributed by atoms with Gasteiger partial charge in [-0.1, -0.05) is 19.1 Å². The van der Waals surface area contributed by atoms with Crippen LogP contribution in [0.3, 0.4) is 0 Å². The Kier molecular flexibility index (Phi) is 4.65. The third kappa shape index (κ3) is 4.69. The summed E-state index contributed by atoms with van der Waals surface area (Å²) in [5, 5.41) is 3.59. The van der Waals surface area contributed by atoms with Crippen molar-refractivity contribution in [2.24, 2.45) is 5.92 Å². The van der Waals surface area contributed by atoms with E-state index in [1.807, 2.05) is 6.07 Å². The molecule has 0 aliphatic heterocycles. The van der Waals surface area contributed by atoms with Gasteiger partial charge in [0.15, 0.2) is 0 Å². The Hall–Kier alpha value is -1.02. The van der Waals surface area contributed by atoms with Crippen molar-refractivity contribution in [1.82, 2.24) is 5.32 Å². The van der Waals surface area contributed by atoms with Crippen molar-refractivity contribution in [3.63, 3.8) is 0 Å². The molecule has 1 aliphatic carbocycles. The van der Waals surface area contributed by atoms with Crippen LogP contribution < -0.4 is 10.1 Å². The van der Waals surface area contributed by atoms with Crippen LogP contribution in [0.15, 0.2) is 24.3 Å². The largest absolute Gasteiger partial charge is 0.491 e. The number of rotatable bonds is 7. The first-order valence-electron chi connectivity index (χ1n) is 7.12. The third-order valence-corrected chi connectivity index (χ3v) is 3.19. The van der Waals surface area contributed by atoms with Gasteiger partial charge in [-0.3, -0.25) is 0 Å². The van der Waals surface area contributed by atoms with Crippen LogP contribution >= 0.6 is 0 Å². The van der Waals surface area contributed by atoms with Crippen molar-refractivity contribution in [2.45, 2.75) is 52.2 Å². The molecule has 1 saturated carbocycles. The second kappa shape index (κ2) is 6.24. The zero-order chi connectivity index (χ0) is 13.0. The zero-order valence-electron chi connectivity index (χ0n) is 11.8. The molecular weight excluding hydrogens is 222 g/mol. The molecule has 100 valence electrons. The van der Waals surface area contributed by atoms with Crippen molar-refractivity contribution >= 4 is 0 Å². The van der Waals surface area contributed by atoms with E-state index in [0.29, 0.717) is 5.92 Å². The maximum absolute atomic E-state index is 5.73. The summed E-state index contributed by atoms with van der Waals surface area (Å²) in [5.74, 6) is 1.67. The van der Waals surface area contributed by atoms with Crippen LogP contribution in [0.5, 0.6) is 5.75 Å².